The van der Waals surface area contributed by atoms with Crippen LogP contribution in [0.4, 0.5) is 13.6 Å². The predicted molar refractivity (Wildman–Crippen MR) is 126 cm³/mol. The summed E-state index contributed by atoms with van der Waals surface area (Å²) in [5, 5.41) is 19.6. The molecule has 2 heterocycles. The number of halogens is 2. The van der Waals surface area contributed by atoms with Crippen LogP contribution in [-0.2, 0) is 17.1 Å². The average Bonchev–Trinajstić information content (AvgIpc) is 3.24. The molecule has 3 rings (SSSR count). The van der Waals surface area contributed by atoms with Crippen LogP contribution in [0.3, 0.4) is 0 Å². The zero-order valence-corrected chi connectivity index (χ0v) is 19.9. The van der Waals surface area contributed by atoms with Gasteiger partial charge in [-0.2, -0.15) is 8.78 Å². The molecule has 1 aromatic heterocycles. The number of nitrogens with zero attached hydrogens (tertiary/aromatic N) is 1. The third-order valence-corrected chi connectivity index (χ3v) is 6.97. The van der Waals surface area contributed by atoms with E-state index in [4.69, 9.17) is 4.74 Å². The Morgan fingerprint density at radius 2 is 2.03 bits per heavy atom. The van der Waals surface area contributed by atoms with Gasteiger partial charge in [0.05, 0.1) is 12.6 Å². The van der Waals surface area contributed by atoms with Gasteiger partial charge < -0.3 is 19.8 Å². The molecule has 0 unspecified atom stereocenters. The maximum atomic E-state index is 14.6. The second-order valence-electron chi connectivity index (χ2n) is 8.54. The Morgan fingerprint density at radius 3 is 2.65 bits per heavy atom. The molecule has 34 heavy (non-hydrogen) atoms. The molecule has 2 N–H and O–H groups in total. The minimum absolute atomic E-state index is 0.0862. The van der Waals surface area contributed by atoms with Gasteiger partial charge in [-0.3, -0.25) is 0 Å². The highest BCUT2D eigenvalue weighted by Crippen LogP contribution is 2.33. The number of hydrogen-bond acceptors (Lipinski definition) is 5. The minimum Gasteiger partial charge on any atom is -0.477 e. The first-order chi connectivity index (χ1) is 16.1. The number of aromatic carboxylic acids is 1. The van der Waals surface area contributed by atoms with Crippen molar-refractivity contribution in [1.82, 2.24) is 4.90 Å². The molecule has 6 nitrogen and oxygen atoms in total. The lowest BCUT2D eigenvalue weighted by Crippen LogP contribution is -2.45. The van der Waals surface area contributed by atoms with Gasteiger partial charge in [-0.05, 0) is 30.4 Å². The number of aryl methyl sites for hydroxylation is 1. The number of aliphatic hydroxyl groups excluding tert-OH is 1. The highest BCUT2D eigenvalue weighted by atomic mass is 32.1. The first-order valence-corrected chi connectivity index (χ1v) is 12.0. The van der Waals surface area contributed by atoms with Gasteiger partial charge in [0, 0.05) is 23.4 Å². The molecule has 0 saturated carbocycles. The van der Waals surface area contributed by atoms with Gasteiger partial charge in [-0.1, -0.05) is 56.3 Å². The van der Waals surface area contributed by atoms with Crippen molar-refractivity contribution in [2.45, 2.75) is 57.1 Å². The summed E-state index contributed by atoms with van der Waals surface area (Å²) < 4.78 is 34.3. The quantitative estimate of drug-likeness (QED) is 0.432. The van der Waals surface area contributed by atoms with E-state index >= 15 is 0 Å². The highest BCUT2D eigenvalue weighted by molar-refractivity contribution is 7.14. The lowest BCUT2D eigenvalue weighted by atomic mass is 10.0. The molecule has 1 saturated heterocycles. The van der Waals surface area contributed by atoms with Gasteiger partial charge in [0.1, 0.15) is 11.0 Å². The van der Waals surface area contributed by atoms with Gasteiger partial charge in [0.2, 0.25) is 0 Å². The van der Waals surface area contributed by atoms with E-state index in [2.05, 4.69) is 0 Å². The van der Waals surface area contributed by atoms with Crippen molar-refractivity contribution in [2.24, 2.45) is 0 Å². The summed E-state index contributed by atoms with van der Waals surface area (Å²) in [6.45, 7) is 4.36. The number of rotatable bonds is 10. The van der Waals surface area contributed by atoms with Gasteiger partial charge in [0.25, 0.3) is 0 Å². The van der Waals surface area contributed by atoms with Crippen molar-refractivity contribution in [3.63, 3.8) is 0 Å². The van der Waals surface area contributed by atoms with Gasteiger partial charge in [-0.25, -0.2) is 9.59 Å². The van der Waals surface area contributed by atoms with Crippen molar-refractivity contribution in [3.05, 3.63) is 69.4 Å². The van der Waals surface area contributed by atoms with Crippen LogP contribution in [0, 0.1) is 0 Å². The molecule has 1 amide bonds. The number of benzene rings is 1. The third-order valence-electron chi connectivity index (χ3n) is 5.77. The number of carbonyl (C=O) groups is 2. The molecule has 0 radical (unpaired) electrons. The number of carbonyl (C=O) groups excluding carboxylic acids is 1. The lowest BCUT2D eigenvalue weighted by molar-refractivity contribution is -0.0930. The summed E-state index contributed by atoms with van der Waals surface area (Å²) in [6, 6.07) is 8.51. The minimum atomic E-state index is -3.47. The first-order valence-electron chi connectivity index (χ1n) is 11.2. The Hall–Kier alpha value is -2.78. The van der Waals surface area contributed by atoms with E-state index in [-0.39, 0.29) is 18.1 Å². The number of alkyl halides is 2. The molecule has 184 valence electrons. The lowest BCUT2D eigenvalue weighted by Gasteiger charge is -2.33. The predicted octanol–water partition coefficient (Wildman–Crippen LogP) is 5.42. The summed E-state index contributed by atoms with van der Waals surface area (Å²) in [5.41, 5.74) is 0.503. The summed E-state index contributed by atoms with van der Waals surface area (Å²) in [5.74, 6) is -4.33. The molecular formula is C25H29F2NO5S. The number of cyclic esters (lactones) is 1. The standard InChI is InChI=1S/C25H29F2NO5S/c1-16(2)20-15-19(34-22(20)23(30)31)9-6-13-28-18(12-14-33-24(28)32)10-11-21(29)25(26,27)17-7-4-3-5-8-17/h3-5,7-8,10-11,15-16,18,21,29H,6,9,12-14H2,1-2H3,(H,30,31)/b11-10+/t18-,21+/m0/s1. The molecule has 0 aliphatic carbocycles. The monoisotopic (exact) mass is 493 g/mol. The molecule has 1 aromatic carbocycles. The van der Waals surface area contributed by atoms with Crippen molar-refractivity contribution in [3.8, 4) is 0 Å². The second-order valence-corrected chi connectivity index (χ2v) is 9.68. The molecule has 9 heteroatoms. The number of hydrogen-bond donors (Lipinski definition) is 2. The van der Waals surface area contributed by atoms with Crippen LogP contribution in [0.25, 0.3) is 0 Å². The molecule has 0 spiro atoms. The highest BCUT2D eigenvalue weighted by Gasteiger charge is 2.39. The van der Waals surface area contributed by atoms with E-state index in [0.717, 1.165) is 16.5 Å². The van der Waals surface area contributed by atoms with Crippen LogP contribution in [0.15, 0.2) is 48.6 Å². The Balaban J connectivity index is 1.65. The molecule has 1 fully saturated rings. The zero-order chi connectivity index (χ0) is 24.9. The molecular weight excluding hydrogens is 464 g/mol. The maximum absolute atomic E-state index is 14.6. The number of ether oxygens (including phenoxy) is 1. The SMILES string of the molecule is CC(C)c1cc(CCCN2C(=O)OCC[C@@H]2/C=C/[C@@H](O)C(F)(F)c2ccccc2)sc1C(=O)O. The Kier molecular flexibility index (Phi) is 8.43. The Morgan fingerprint density at radius 1 is 1.32 bits per heavy atom. The molecule has 2 aromatic rings. The zero-order valence-electron chi connectivity index (χ0n) is 19.1. The largest absolute Gasteiger partial charge is 0.477 e. The Bertz CT molecular complexity index is 1020. The fourth-order valence-corrected chi connectivity index (χ4v) is 5.08. The van der Waals surface area contributed by atoms with E-state index in [0.29, 0.717) is 30.7 Å². The van der Waals surface area contributed by atoms with E-state index in [1.165, 1.54) is 46.6 Å². The van der Waals surface area contributed by atoms with Crippen molar-refractivity contribution in [2.75, 3.05) is 13.2 Å². The van der Waals surface area contributed by atoms with Crippen molar-refractivity contribution >= 4 is 23.4 Å². The number of thiophene rings is 1. The second kappa shape index (κ2) is 11.1. The van der Waals surface area contributed by atoms with Crippen LogP contribution in [0.1, 0.15) is 58.3 Å². The molecule has 2 atom stereocenters. The molecule has 0 bridgehead atoms. The normalized spacial score (nSPS) is 17.9. The Labute approximate surface area is 201 Å². The topological polar surface area (TPSA) is 87.1 Å². The maximum Gasteiger partial charge on any atom is 0.410 e. The van der Waals surface area contributed by atoms with Crippen LogP contribution < -0.4 is 0 Å². The number of carboxylic acid groups (broad SMARTS) is 1. The number of aliphatic hydroxyl groups is 1. The third kappa shape index (κ3) is 6.01. The van der Waals surface area contributed by atoms with Crippen molar-refractivity contribution in [1.29, 1.82) is 0 Å². The van der Waals surface area contributed by atoms with Crippen LogP contribution in [0.2, 0.25) is 0 Å². The molecule has 1 aliphatic heterocycles. The fraction of sp³-hybridized carbons (Fsp3) is 0.440. The average molecular weight is 494 g/mol. The fourth-order valence-electron chi connectivity index (χ4n) is 3.89. The van der Waals surface area contributed by atoms with E-state index < -0.39 is 30.1 Å². The summed E-state index contributed by atoms with van der Waals surface area (Å²) in [4.78, 5) is 26.5. The number of amides is 1. The van der Waals surface area contributed by atoms with Crippen LogP contribution >= 0.6 is 11.3 Å². The number of carboxylic acids is 1. The van der Waals surface area contributed by atoms with Gasteiger partial charge >= 0.3 is 18.0 Å². The van der Waals surface area contributed by atoms with E-state index in [1.54, 1.807) is 6.07 Å². The smallest absolute Gasteiger partial charge is 0.410 e. The van der Waals surface area contributed by atoms with Crippen LogP contribution in [-0.4, -0.2) is 52.5 Å². The molecule has 1 aliphatic rings. The van der Waals surface area contributed by atoms with Crippen LogP contribution in [0.5, 0.6) is 0 Å². The van der Waals surface area contributed by atoms with Gasteiger partial charge in [0.15, 0.2) is 0 Å². The summed E-state index contributed by atoms with van der Waals surface area (Å²) in [6.07, 6.45) is 1.45. The van der Waals surface area contributed by atoms with E-state index in [1.807, 2.05) is 19.9 Å². The summed E-state index contributed by atoms with van der Waals surface area (Å²) >= 11 is 1.23. The summed E-state index contributed by atoms with van der Waals surface area (Å²) in [7, 11) is 0. The first kappa shape index (κ1) is 25.8. The van der Waals surface area contributed by atoms with Crippen molar-refractivity contribution < 1.29 is 33.3 Å². The van der Waals surface area contributed by atoms with E-state index in [9.17, 15) is 28.6 Å². The van der Waals surface area contributed by atoms with Gasteiger partial charge in [-0.15, -0.1) is 11.3 Å².